The Balaban J connectivity index is 1.82. The van der Waals surface area contributed by atoms with Crippen molar-refractivity contribution < 1.29 is 22.7 Å². The van der Waals surface area contributed by atoms with Gasteiger partial charge in [-0.05, 0) is 67.9 Å². The lowest BCUT2D eigenvalue weighted by molar-refractivity contribution is -0.119. The number of anilines is 1. The molecule has 8 heteroatoms. The smallest absolute Gasteiger partial charge is 0.264 e. The summed E-state index contributed by atoms with van der Waals surface area (Å²) in [6.07, 6.45) is 0. The molecule has 33 heavy (non-hydrogen) atoms. The highest BCUT2D eigenvalue weighted by Gasteiger charge is 2.27. The third kappa shape index (κ3) is 6.26. The van der Waals surface area contributed by atoms with E-state index < -0.39 is 15.9 Å². The second kappa shape index (κ2) is 10.9. The number of sulfonamides is 1. The maximum Gasteiger partial charge on any atom is 0.264 e. The number of carbonyl (C=O) groups is 1. The van der Waals surface area contributed by atoms with Gasteiger partial charge in [0.25, 0.3) is 10.0 Å². The van der Waals surface area contributed by atoms with Crippen LogP contribution in [0.4, 0.5) is 5.69 Å². The summed E-state index contributed by atoms with van der Waals surface area (Å²) in [4.78, 5) is 12.9. The summed E-state index contributed by atoms with van der Waals surface area (Å²) < 4.78 is 38.6. The Morgan fingerprint density at radius 1 is 0.909 bits per heavy atom. The first-order chi connectivity index (χ1) is 15.8. The van der Waals surface area contributed by atoms with Crippen LogP contribution >= 0.6 is 0 Å². The van der Waals surface area contributed by atoms with Crippen LogP contribution in [0, 0.1) is 6.92 Å². The lowest BCUT2D eigenvalue weighted by Crippen LogP contribution is -2.40. The Hall–Kier alpha value is -3.52. The Bertz CT molecular complexity index is 1160. The van der Waals surface area contributed by atoms with E-state index in [1.165, 1.54) is 0 Å². The molecule has 3 aromatic rings. The van der Waals surface area contributed by atoms with Crippen molar-refractivity contribution in [3.8, 4) is 11.5 Å². The van der Waals surface area contributed by atoms with Gasteiger partial charge >= 0.3 is 0 Å². The molecule has 0 aliphatic rings. The minimum Gasteiger partial charge on any atom is -0.497 e. The third-order valence-electron chi connectivity index (χ3n) is 4.98. The van der Waals surface area contributed by atoms with Crippen LogP contribution in [0.15, 0.2) is 77.7 Å². The number of nitrogens with zero attached hydrogens (tertiary/aromatic N) is 1. The van der Waals surface area contributed by atoms with E-state index in [4.69, 9.17) is 9.47 Å². The van der Waals surface area contributed by atoms with Crippen molar-refractivity contribution in [3.63, 3.8) is 0 Å². The van der Waals surface area contributed by atoms with E-state index in [1.54, 1.807) is 67.8 Å². The molecule has 0 aliphatic carbocycles. The SMILES string of the molecule is CCOc1ccc(N(CC(=O)NCc2ccc(OC)cc2)S(=O)(=O)c2ccc(C)cc2)cc1. The zero-order chi connectivity index (χ0) is 23.8. The summed E-state index contributed by atoms with van der Waals surface area (Å²) in [5.41, 5.74) is 2.19. The normalized spacial score (nSPS) is 11.0. The Labute approximate surface area is 195 Å². The van der Waals surface area contributed by atoms with E-state index in [2.05, 4.69) is 5.32 Å². The lowest BCUT2D eigenvalue weighted by atomic mass is 10.2. The number of aryl methyl sites for hydroxylation is 1. The van der Waals surface area contributed by atoms with Crippen LogP contribution in [-0.2, 0) is 21.4 Å². The van der Waals surface area contributed by atoms with Crippen LogP contribution < -0.4 is 19.1 Å². The molecule has 0 aliphatic heterocycles. The number of rotatable bonds is 10. The van der Waals surface area contributed by atoms with E-state index in [1.807, 2.05) is 26.0 Å². The number of methoxy groups -OCH3 is 1. The average molecular weight is 469 g/mol. The van der Waals surface area contributed by atoms with Crippen molar-refractivity contribution >= 4 is 21.6 Å². The average Bonchev–Trinajstić information content (AvgIpc) is 2.82. The number of carbonyl (C=O) groups excluding carboxylic acids is 1. The van der Waals surface area contributed by atoms with Crippen LogP contribution in [0.3, 0.4) is 0 Å². The molecule has 0 spiro atoms. The van der Waals surface area contributed by atoms with Gasteiger partial charge in [0.2, 0.25) is 5.91 Å². The lowest BCUT2D eigenvalue weighted by Gasteiger charge is -2.24. The van der Waals surface area contributed by atoms with Crippen molar-refractivity contribution in [3.05, 3.63) is 83.9 Å². The number of hydrogen-bond acceptors (Lipinski definition) is 5. The monoisotopic (exact) mass is 468 g/mol. The predicted molar refractivity (Wildman–Crippen MR) is 128 cm³/mol. The first-order valence-corrected chi connectivity index (χ1v) is 12.0. The molecule has 0 radical (unpaired) electrons. The Kier molecular flexibility index (Phi) is 7.95. The van der Waals surface area contributed by atoms with Crippen LogP contribution in [0.25, 0.3) is 0 Å². The topological polar surface area (TPSA) is 84.9 Å². The molecule has 0 saturated heterocycles. The molecule has 174 valence electrons. The molecule has 1 N–H and O–H groups in total. The fourth-order valence-electron chi connectivity index (χ4n) is 3.16. The van der Waals surface area contributed by atoms with Crippen molar-refractivity contribution in [2.24, 2.45) is 0 Å². The molecule has 0 aromatic heterocycles. The van der Waals surface area contributed by atoms with Gasteiger partial charge in [0.1, 0.15) is 18.0 Å². The van der Waals surface area contributed by atoms with Crippen LogP contribution in [0.2, 0.25) is 0 Å². The van der Waals surface area contributed by atoms with Gasteiger partial charge in [-0.3, -0.25) is 9.10 Å². The summed E-state index contributed by atoms with van der Waals surface area (Å²) in [5, 5.41) is 2.79. The van der Waals surface area contributed by atoms with Gasteiger partial charge in [0.15, 0.2) is 0 Å². The standard InChI is InChI=1S/C25H28N2O5S/c1-4-32-23-13-9-21(10-14-23)27(33(29,30)24-15-5-19(2)6-16-24)18-25(28)26-17-20-7-11-22(31-3)12-8-20/h5-16H,4,17-18H2,1-3H3,(H,26,28). The molecule has 3 rings (SSSR count). The Morgan fingerprint density at radius 3 is 2.09 bits per heavy atom. The molecule has 0 unspecified atom stereocenters. The Morgan fingerprint density at radius 2 is 1.52 bits per heavy atom. The van der Waals surface area contributed by atoms with Crippen molar-refractivity contribution in [1.29, 1.82) is 0 Å². The largest absolute Gasteiger partial charge is 0.497 e. The number of nitrogens with one attached hydrogen (secondary N) is 1. The second-order valence-electron chi connectivity index (χ2n) is 7.38. The summed E-state index contributed by atoms with van der Waals surface area (Å²) in [6.45, 7) is 4.16. The molecule has 0 saturated carbocycles. The second-order valence-corrected chi connectivity index (χ2v) is 9.24. The van der Waals surface area contributed by atoms with Crippen LogP contribution in [0.1, 0.15) is 18.1 Å². The number of hydrogen-bond donors (Lipinski definition) is 1. The highest BCUT2D eigenvalue weighted by molar-refractivity contribution is 7.92. The van der Waals surface area contributed by atoms with Gasteiger partial charge in [0.05, 0.1) is 24.3 Å². The molecule has 0 fully saturated rings. The van der Waals surface area contributed by atoms with Gasteiger partial charge in [-0.2, -0.15) is 0 Å². The molecule has 7 nitrogen and oxygen atoms in total. The zero-order valence-electron chi connectivity index (χ0n) is 18.9. The fraction of sp³-hybridized carbons (Fsp3) is 0.240. The molecule has 0 atom stereocenters. The van der Waals surface area contributed by atoms with Crippen LogP contribution in [0.5, 0.6) is 11.5 Å². The third-order valence-corrected chi connectivity index (χ3v) is 6.77. The molecular weight excluding hydrogens is 440 g/mol. The first-order valence-electron chi connectivity index (χ1n) is 10.6. The fourth-order valence-corrected chi connectivity index (χ4v) is 4.58. The number of benzene rings is 3. The van der Waals surface area contributed by atoms with Gasteiger partial charge in [-0.15, -0.1) is 0 Å². The molecule has 0 bridgehead atoms. The van der Waals surface area contributed by atoms with Crippen molar-refractivity contribution in [2.45, 2.75) is 25.3 Å². The molecular formula is C25H28N2O5S. The van der Waals surface area contributed by atoms with E-state index in [-0.39, 0.29) is 18.0 Å². The predicted octanol–water partition coefficient (Wildman–Crippen LogP) is 3.91. The highest BCUT2D eigenvalue weighted by atomic mass is 32.2. The van der Waals surface area contributed by atoms with E-state index in [0.29, 0.717) is 18.0 Å². The van der Waals surface area contributed by atoms with E-state index >= 15 is 0 Å². The van der Waals surface area contributed by atoms with Crippen molar-refractivity contribution in [2.75, 3.05) is 24.6 Å². The van der Waals surface area contributed by atoms with Crippen molar-refractivity contribution in [1.82, 2.24) is 5.32 Å². The van der Waals surface area contributed by atoms with Gasteiger partial charge in [-0.25, -0.2) is 8.42 Å². The number of amides is 1. The van der Waals surface area contributed by atoms with Gasteiger partial charge in [0, 0.05) is 6.54 Å². The summed E-state index contributed by atoms with van der Waals surface area (Å²) in [6, 6.07) is 20.5. The zero-order valence-corrected chi connectivity index (χ0v) is 19.8. The molecule has 0 heterocycles. The minimum absolute atomic E-state index is 0.116. The minimum atomic E-state index is -3.97. The van der Waals surface area contributed by atoms with Crippen LogP contribution in [-0.4, -0.2) is 34.6 Å². The first kappa shape index (κ1) is 24.1. The maximum atomic E-state index is 13.4. The van der Waals surface area contributed by atoms with E-state index in [9.17, 15) is 13.2 Å². The number of ether oxygens (including phenoxy) is 2. The van der Waals surface area contributed by atoms with E-state index in [0.717, 1.165) is 21.2 Å². The molecule has 3 aromatic carbocycles. The van der Waals surface area contributed by atoms with Gasteiger partial charge < -0.3 is 14.8 Å². The quantitative estimate of drug-likeness (QED) is 0.488. The molecule has 1 amide bonds. The van der Waals surface area contributed by atoms with Gasteiger partial charge in [-0.1, -0.05) is 29.8 Å². The maximum absolute atomic E-state index is 13.4. The summed E-state index contributed by atoms with van der Waals surface area (Å²) in [7, 11) is -2.38. The summed E-state index contributed by atoms with van der Waals surface area (Å²) >= 11 is 0. The highest BCUT2D eigenvalue weighted by Crippen LogP contribution is 2.26. The summed E-state index contributed by atoms with van der Waals surface area (Å²) in [5.74, 6) is 0.921.